The van der Waals surface area contributed by atoms with Gasteiger partial charge in [0.15, 0.2) is 5.96 Å². The second-order valence-electron chi connectivity index (χ2n) is 8.01. The summed E-state index contributed by atoms with van der Waals surface area (Å²) in [6.45, 7) is 9.24. The Labute approximate surface area is 195 Å². The smallest absolute Gasteiger partial charge is 0.407 e. The highest BCUT2D eigenvalue weighted by Gasteiger charge is 2.27. The zero-order chi connectivity index (χ0) is 21.4. The molecule has 2 heterocycles. The maximum absolute atomic E-state index is 12.1. The third-order valence-electron chi connectivity index (χ3n) is 4.21. The summed E-state index contributed by atoms with van der Waals surface area (Å²) in [5, 5.41) is 8.88. The number of likely N-dealkylation sites (tertiary alicyclic amines) is 1. The summed E-state index contributed by atoms with van der Waals surface area (Å²) in [6.07, 6.45) is 0.690. The van der Waals surface area contributed by atoms with Gasteiger partial charge < -0.3 is 25.6 Å². The van der Waals surface area contributed by atoms with Crippen molar-refractivity contribution in [3.63, 3.8) is 0 Å². The molecule has 1 aliphatic rings. The summed E-state index contributed by atoms with van der Waals surface area (Å²) in [4.78, 5) is 34.6. The molecular formula is C20H33IN6O3. The first-order chi connectivity index (χ1) is 13.7. The van der Waals surface area contributed by atoms with Gasteiger partial charge in [-0.3, -0.25) is 9.79 Å². The van der Waals surface area contributed by atoms with Gasteiger partial charge in [-0.15, -0.1) is 24.0 Å². The Hall–Kier alpha value is -2.11. The van der Waals surface area contributed by atoms with Crippen molar-refractivity contribution in [1.82, 2.24) is 20.5 Å². The molecule has 168 valence electrons. The van der Waals surface area contributed by atoms with Crippen molar-refractivity contribution in [1.29, 1.82) is 0 Å². The summed E-state index contributed by atoms with van der Waals surface area (Å²) in [5.74, 6) is 1.15. The standard InChI is InChI=1S/C20H32N6O3.HI/c1-14-7-6-8-16(23-14)25-17(27)9-11-22-18(21-5)26-12-10-15(13-26)24-19(28)29-20(2,3)4;/h6-8,15H,9-13H2,1-5H3,(H,21,22)(H,24,28)(H,23,25,27);1H. The number of hydrogen-bond donors (Lipinski definition) is 3. The summed E-state index contributed by atoms with van der Waals surface area (Å²) in [6, 6.07) is 5.49. The van der Waals surface area contributed by atoms with E-state index in [-0.39, 0.29) is 35.9 Å². The number of amides is 2. The van der Waals surface area contributed by atoms with Crippen LogP contribution in [0.25, 0.3) is 0 Å². The molecule has 3 N–H and O–H groups in total. The number of guanidine groups is 1. The van der Waals surface area contributed by atoms with Crippen molar-refractivity contribution >= 4 is 47.8 Å². The number of pyridine rings is 1. The van der Waals surface area contributed by atoms with Gasteiger partial charge in [0.05, 0.1) is 6.04 Å². The molecular weight excluding hydrogens is 499 g/mol. The predicted molar refractivity (Wildman–Crippen MR) is 128 cm³/mol. The maximum Gasteiger partial charge on any atom is 0.407 e. The number of rotatable bonds is 5. The molecule has 9 nitrogen and oxygen atoms in total. The van der Waals surface area contributed by atoms with Crippen LogP contribution < -0.4 is 16.0 Å². The van der Waals surface area contributed by atoms with Gasteiger partial charge in [0.25, 0.3) is 0 Å². The van der Waals surface area contributed by atoms with Crippen LogP contribution >= 0.6 is 24.0 Å². The van der Waals surface area contributed by atoms with Crippen molar-refractivity contribution in [2.24, 2.45) is 4.99 Å². The van der Waals surface area contributed by atoms with E-state index in [1.807, 2.05) is 39.8 Å². The number of carbonyl (C=O) groups excluding carboxylic acids is 2. The molecule has 1 unspecified atom stereocenters. The number of anilines is 1. The Bertz CT molecular complexity index is 750. The molecule has 1 aromatic heterocycles. The predicted octanol–water partition coefficient (Wildman–Crippen LogP) is 2.51. The van der Waals surface area contributed by atoms with Gasteiger partial charge in [0.2, 0.25) is 5.91 Å². The van der Waals surface area contributed by atoms with Crippen LogP contribution in [0, 0.1) is 6.92 Å². The lowest BCUT2D eigenvalue weighted by molar-refractivity contribution is -0.116. The van der Waals surface area contributed by atoms with Crippen LogP contribution in [0.15, 0.2) is 23.2 Å². The van der Waals surface area contributed by atoms with E-state index in [0.717, 1.165) is 18.7 Å². The molecule has 1 saturated heterocycles. The maximum atomic E-state index is 12.1. The number of hydrogen-bond acceptors (Lipinski definition) is 5. The van der Waals surface area contributed by atoms with E-state index in [2.05, 4.69) is 30.8 Å². The number of aliphatic imine (C=N–C) groups is 1. The number of halogens is 1. The van der Waals surface area contributed by atoms with Crippen molar-refractivity contribution in [2.45, 2.75) is 52.2 Å². The number of ether oxygens (including phenoxy) is 1. The van der Waals surface area contributed by atoms with Crippen molar-refractivity contribution < 1.29 is 14.3 Å². The highest BCUT2D eigenvalue weighted by Crippen LogP contribution is 2.12. The monoisotopic (exact) mass is 532 g/mol. The van der Waals surface area contributed by atoms with Crippen LogP contribution in [0.1, 0.15) is 39.3 Å². The van der Waals surface area contributed by atoms with Gasteiger partial charge in [-0.05, 0) is 46.2 Å². The lowest BCUT2D eigenvalue weighted by Gasteiger charge is -2.23. The molecule has 2 rings (SSSR count). The van der Waals surface area contributed by atoms with E-state index in [0.29, 0.717) is 31.3 Å². The van der Waals surface area contributed by atoms with Gasteiger partial charge in [-0.2, -0.15) is 0 Å². The van der Waals surface area contributed by atoms with Crippen LogP contribution in [-0.4, -0.2) is 66.2 Å². The summed E-state index contributed by atoms with van der Waals surface area (Å²) < 4.78 is 5.31. The quantitative estimate of drug-likeness (QED) is 0.306. The van der Waals surface area contributed by atoms with Crippen molar-refractivity contribution in [3.05, 3.63) is 23.9 Å². The number of nitrogens with one attached hydrogen (secondary N) is 3. The third-order valence-corrected chi connectivity index (χ3v) is 4.21. The first-order valence-corrected chi connectivity index (χ1v) is 9.85. The molecule has 0 saturated carbocycles. The van der Waals surface area contributed by atoms with E-state index in [1.165, 1.54) is 0 Å². The number of carbonyl (C=O) groups is 2. The lowest BCUT2D eigenvalue weighted by atomic mass is 10.2. The number of aryl methyl sites for hydroxylation is 1. The van der Waals surface area contributed by atoms with Crippen LogP contribution in [0.3, 0.4) is 0 Å². The largest absolute Gasteiger partial charge is 0.444 e. The highest BCUT2D eigenvalue weighted by atomic mass is 127. The molecule has 2 amide bonds. The molecule has 0 aromatic carbocycles. The molecule has 30 heavy (non-hydrogen) atoms. The van der Waals surface area contributed by atoms with E-state index in [4.69, 9.17) is 4.74 Å². The normalized spacial score (nSPS) is 16.5. The van der Waals surface area contributed by atoms with Crippen LogP contribution in [0.4, 0.5) is 10.6 Å². The number of nitrogens with zero attached hydrogens (tertiary/aromatic N) is 3. The highest BCUT2D eigenvalue weighted by molar-refractivity contribution is 14.0. The molecule has 0 spiro atoms. The molecule has 1 aromatic rings. The summed E-state index contributed by atoms with van der Waals surface area (Å²) >= 11 is 0. The number of alkyl carbamates (subject to hydrolysis) is 1. The first-order valence-electron chi connectivity index (χ1n) is 9.85. The Morgan fingerprint density at radius 3 is 2.70 bits per heavy atom. The topological polar surface area (TPSA) is 108 Å². The molecule has 0 bridgehead atoms. The third kappa shape index (κ3) is 9.14. The first kappa shape index (κ1) is 25.9. The molecule has 10 heteroatoms. The minimum absolute atomic E-state index is 0. The second kappa shape index (κ2) is 11.9. The van der Waals surface area contributed by atoms with Crippen molar-refractivity contribution in [3.8, 4) is 0 Å². The Kier molecular flexibility index (Phi) is 10.3. The Morgan fingerprint density at radius 2 is 2.07 bits per heavy atom. The molecule has 0 aliphatic carbocycles. The van der Waals surface area contributed by atoms with Crippen molar-refractivity contribution in [2.75, 3.05) is 32.0 Å². The zero-order valence-corrected chi connectivity index (χ0v) is 20.6. The van der Waals surface area contributed by atoms with Gasteiger partial charge >= 0.3 is 6.09 Å². The zero-order valence-electron chi connectivity index (χ0n) is 18.3. The fraction of sp³-hybridized carbons (Fsp3) is 0.600. The Morgan fingerprint density at radius 1 is 1.33 bits per heavy atom. The average molecular weight is 532 g/mol. The molecule has 1 atom stereocenters. The SMILES string of the molecule is CN=C(NCCC(=O)Nc1cccc(C)n1)N1CCC(NC(=O)OC(C)(C)C)C1.I. The lowest BCUT2D eigenvalue weighted by Crippen LogP contribution is -2.44. The van der Waals surface area contributed by atoms with Crippen LogP contribution in [-0.2, 0) is 9.53 Å². The van der Waals surface area contributed by atoms with E-state index < -0.39 is 11.7 Å². The fourth-order valence-corrected chi connectivity index (χ4v) is 2.98. The minimum atomic E-state index is -0.519. The number of aromatic nitrogens is 1. The van der Waals surface area contributed by atoms with Gasteiger partial charge in [0, 0.05) is 38.8 Å². The van der Waals surface area contributed by atoms with Crippen LogP contribution in [0.5, 0.6) is 0 Å². The fourth-order valence-electron chi connectivity index (χ4n) is 2.98. The van der Waals surface area contributed by atoms with Gasteiger partial charge in [-0.25, -0.2) is 9.78 Å². The average Bonchev–Trinajstić information content (AvgIpc) is 3.05. The van der Waals surface area contributed by atoms with E-state index in [9.17, 15) is 9.59 Å². The summed E-state index contributed by atoms with van der Waals surface area (Å²) in [7, 11) is 1.70. The van der Waals surface area contributed by atoms with Gasteiger partial charge in [-0.1, -0.05) is 6.07 Å². The summed E-state index contributed by atoms with van der Waals surface area (Å²) in [5.41, 5.74) is 0.332. The molecule has 1 fully saturated rings. The second-order valence-corrected chi connectivity index (χ2v) is 8.01. The molecule has 1 aliphatic heterocycles. The van der Waals surface area contributed by atoms with Gasteiger partial charge in [0.1, 0.15) is 11.4 Å². The van der Waals surface area contributed by atoms with E-state index >= 15 is 0 Å². The molecule has 0 radical (unpaired) electrons. The Balaban J connectivity index is 0.00000450. The van der Waals surface area contributed by atoms with Crippen LogP contribution in [0.2, 0.25) is 0 Å². The minimum Gasteiger partial charge on any atom is -0.444 e. The van der Waals surface area contributed by atoms with E-state index in [1.54, 1.807) is 13.1 Å².